The molecule has 0 spiro atoms. The van der Waals surface area contributed by atoms with Crippen molar-refractivity contribution < 1.29 is 23.8 Å². The molecule has 32 heavy (non-hydrogen) atoms. The second-order valence-corrected chi connectivity index (χ2v) is 8.92. The molecule has 0 N–H and O–H groups in total. The topological polar surface area (TPSA) is 79.1 Å². The van der Waals surface area contributed by atoms with Crippen LogP contribution in [0.3, 0.4) is 0 Å². The van der Waals surface area contributed by atoms with Gasteiger partial charge in [-0.1, -0.05) is 11.3 Å². The summed E-state index contributed by atoms with van der Waals surface area (Å²) >= 11 is 3.04. The zero-order chi connectivity index (χ0) is 22.9. The van der Waals surface area contributed by atoms with E-state index in [1.165, 1.54) is 18.4 Å². The van der Waals surface area contributed by atoms with Crippen LogP contribution in [0.5, 0.6) is 11.5 Å². The van der Waals surface area contributed by atoms with Gasteiger partial charge < -0.3 is 18.8 Å². The van der Waals surface area contributed by atoms with Gasteiger partial charge in [0.25, 0.3) is 0 Å². The highest BCUT2D eigenvalue weighted by atomic mass is 32.2. The number of carbonyl (C=O) groups is 2. The van der Waals surface area contributed by atoms with Crippen molar-refractivity contribution in [3.63, 3.8) is 0 Å². The molecule has 0 atom stereocenters. The van der Waals surface area contributed by atoms with Crippen LogP contribution >= 0.6 is 23.1 Å². The number of ether oxygens (including phenoxy) is 3. The van der Waals surface area contributed by atoms with E-state index in [-0.39, 0.29) is 12.5 Å². The predicted octanol–water partition coefficient (Wildman–Crippen LogP) is 4.28. The van der Waals surface area contributed by atoms with Gasteiger partial charge >= 0.3 is 5.97 Å². The average molecular weight is 475 g/mol. The van der Waals surface area contributed by atoms with Crippen LogP contribution in [0.25, 0.3) is 10.2 Å². The fraction of sp³-hybridized carbons (Fsp3) is 0.348. The summed E-state index contributed by atoms with van der Waals surface area (Å²) in [6.07, 6.45) is 1.04. The molecule has 1 heterocycles. The van der Waals surface area contributed by atoms with E-state index in [2.05, 4.69) is 4.99 Å². The Bertz CT molecular complexity index is 1140. The quantitative estimate of drug-likeness (QED) is 0.248. The summed E-state index contributed by atoms with van der Waals surface area (Å²) < 4.78 is 18.1. The largest absolute Gasteiger partial charge is 0.497 e. The van der Waals surface area contributed by atoms with Crippen molar-refractivity contribution in [3.8, 4) is 11.5 Å². The highest BCUT2D eigenvalue weighted by Gasteiger charge is 2.13. The molecule has 0 aliphatic rings. The third kappa shape index (κ3) is 6.37. The van der Waals surface area contributed by atoms with Gasteiger partial charge in [-0.2, -0.15) is 4.99 Å². The number of amides is 1. The van der Waals surface area contributed by atoms with Crippen LogP contribution in [-0.2, 0) is 20.9 Å². The summed E-state index contributed by atoms with van der Waals surface area (Å²) in [5.74, 6) is 1.75. The number of methoxy groups -OCH3 is 2. The second kappa shape index (κ2) is 11.7. The smallest absolute Gasteiger partial charge is 0.325 e. The number of thioether (sulfide) groups is 1. The molecule has 1 aromatic heterocycles. The normalized spacial score (nSPS) is 11.5. The van der Waals surface area contributed by atoms with E-state index in [4.69, 9.17) is 14.2 Å². The SMILES string of the molecule is CCOc1ccc2c(c1)sc(=NC(=O)CCCSc1ccc(OC)cc1)n2CC(=O)OC. The van der Waals surface area contributed by atoms with E-state index in [0.29, 0.717) is 24.2 Å². The molecule has 170 valence electrons. The van der Waals surface area contributed by atoms with Gasteiger partial charge in [0.15, 0.2) is 4.80 Å². The standard InChI is InChI=1S/C23H26N2O5S2/c1-4-30-17-9-12-19-20(14-17)32-23(25(19)15-22(27)29-3)24-21(26)6-5-13-31-18-10-7-16(28-2)8-11-18/h7-12,14H,4-6,13,15H2,1-3H3. The molecule has 7 nitrogen and oxygen atoms in total. The Morgan fingerprint density at radius 2 is 1.84 bits per heavy atom. The third-order valence-electron chi connectivity index (χ3n) is 4.56. The van der Waals surface area contributed by atoms with E-state index in [9.17, 15) is 9.59 Å². The lowest BCUT2D eigenvalue weighted by molar-refractivity contribution is -0.141. The number of rotatable bonds is 10. The first kappa shape index (κ1) is 23.9. The summed E-state index contributed by atoms with van der Waals surface area (Å²) in [4.78, 5) is 30.3. The monoisotopic (exact) mass is 474 g/mol. The summed E-state index contributed by atoms with van der Waals surface area (Å²) in [7, 11) is 2.98. The maximum absolute atomic E-state index is 12.5. The summed E-state index contributed by atoms with van der Waals surface area (Å²) in [5.41, 5.74) is 0.811. The van der Waals surface area contributed by atoms with Crippen LogP contribution in [0.2, 0.25) is 0 Å². The Kier molecular flexibility index (Phi) is 8.75. The second-order valence-electron chi connectivity index (χ2n) is 6.74. The Hall–Kier alpha value is -2.78. The molecule has 9 heteroatoms. The first-order chi connectivity index (χ1) is 15.5. The number of thiazole rings is 1. The minimum Gasteiger partial charge on any atom is -0.497 e. The van der Waals surface area contributed by atoms with Crippen LogP contribution in [0.1, 0.15) is 19.8 Å². The molecule has 0 fully saturated rings. The van der Waals surface area contributed by atoms with Gasteiger partial charge in [0, 0.05) is 11.3 Å². The maximum atomic E-state index is 12.5. The van der Waals surface area contributed by atoms with Crippen molar-refractivity contribution in [2.45, 2.75) is 31.2 Å². The van der Waals surface area contributed by atoms with Crippen molar-refractivity contribution in [2.24, 2.45) is 4.99 Å². The van der Waals surface area contributed by atoms with Gasteiger partial charge in [-0.3, -0.25) is 9.59 Å². The zero-order valence-electron chi connectivity index (χ0n) is 18.3. The van der Waals surface area contributed by atoms with Gasteiger partial charge in [-0.15, -0.1) is 11.8 Å². The first-order valence-electron chi connectivity index (χ1n) is 10.2. The van der Waals surface area contributed by atoms with Crippen LogP contribution < -0.4 is 14.3 Å². The van der Waals surface area contributed by atoms with Crippen molar-refractivity contribution >= 4 is 45.2 Å². The molecular weight excluding hydrogens is 448 g/mol. The van der Waals surface area contributed by atoms with Crippen LogP contribution in [0.4, 0.5) is 0 Å². The Labute approximate surface area is 195 Å². The first-order valence-corrected chi connectivity index (χ1v) is 12.0. The molecule has 1 amide bonds. The lowest BCUT2D eigenvalue weighted by atomic mass is 10.3. The van der Waals surface area contributed by atoms with Gasteiger partial charge in [0.2, 0.25) is 5.91 Å². The minimum absolute atomic E-state index is 0.0100. The number of benzene rings is 2. The van der Waals surface area contributed by atoms with E-state index in [0.717, 1.165) is 32.4 Å². The molecule has 0 bridgehead atoms. The molecule has 0 radical (unpaired) electrons. The molecule has 0 aliphatic carbocycles. The highest BCUT2D eigenvalue weighted by molar-refractivity contribution is 7.99. The lowest BCUT2D eigenvalue weighted by Gasteiger charge is -2.05. The summed E-state index contributed by atoms with van der Waals surface area (Å²) in [6.45, 7) is 2.47. The average Bonchev–Trinajstić information content (AvgIpc) is 3.13. The number of aromatic nitrogens is 1. The van der Waals surface area contributed by atoms with Crippen LogP contribution in [0.15, 0.2) is 52.4 Å². The van der Waals surface area contributed by atoms with Crippen molar-refractivity contribution in [3.05, 3.63) is 47.3 Å². The number of hydrogen-bond acceptors (Lipinski definition) is 7. The predicted molar refractivity (Wildman–Crippen MR) is 127 cm³/mol. The molecule has 3 aromatic rings. The van der Waals surface area contributed by atoms with E-state index in [1.807, 2.05) is 49.4 Å². The molecule has 0 saturated carbocycles. The van der Waals surface area contributed by atoms with Crippen molar-refractivity contribution in [1.82, 2.24) is 4.57 Å². The highest BCUT2D eigenvalue weighted by Crippen LogP contribution is 2.24. The van der Waals surface area contributed by atoms with Crippen molar-refractivity contribution in [1.29, 1.82) is 0 Å². The third-order valence-corrected chi connectivity index (χ3v) is 6.70. The molecule has 0 unspecified atom stereocenters. The lowest BCUT2D eigenvalue weighted by Crippen LogP contribution is -2.22. The van der Waals surface area contributed by atoms with E-state index < -0.39 is 5.97 Å². The zero-order valence-corrected chi connectivity index (χ0v) is 20.0. The molecule has 0 saturated heterocycles. The minimum atomic E-state index is -0.400. The van der Waals surface area contributed by atoms with Gasteiger partial charge in [-0.05, 0) is 61.6 Å². The number of hydrogen-bond donors (Lipinski definition) is 0. The Morgan fingerprint density at radius 3 is 2.53 bits per heavy atom. The van der Waals surface area contributed by atoms with E-state index >= 15 is 0 Å². The van der Waals surface area contributed by atoms with Gasteiger partial charge in [0.1, 0.15) is 18.0 Å². The van der Waals surface area contributed by atoms with Gasteiger partial charge in [0.05, 0.1) is 31.0 Å². The van der Waals surface area contributed by atoms with Crippen molar-refractivity contribution in [2.75, 3.05) is 26.6 Å². The summed E-state index contributed by atoms with van der Waals surface area (Å²) in [5, 5.41) is 0. The number of carbonyl (C=O) groups excluding carboxylic acids is 2. The number of fused-ring (bicyclic) bond motifs is 1. The maximum Gasteiger partial charge on any atom is 0.325 e. The fourth-order valence-electron chi connectivity index (χ4n) is 2.99. The fourth-order valence-corrected chi connectivity index (χ4v) is 4.92. The Morgan fingerprint density at radius 1 is 1.09 bits per heavy atom. The number of esters is 1. The Balaban J connectivity index is 1.70. The molecule has 2 aromatic carbocycles. The molecule has 0 aliphatic heterocycles. The number of nitrogens with zero attached hydrogens (tertiary/aromatic N) is 2. The van der Waals surface area contributed by atoms with E-state index in [1.54, 1.807) is 23.4 Å². The van der Waals surface area contributed by atoms with Gasteiger partial charge in [-0.25, -0.2) is 0 Å². The molecular formula is C23H26N2O5S2. The summed E-state index contributed by atoms with van der Waals surface area (Å²) in [6, 6.07) is 13.4. The van der Waals surface area contributed by atoms with Crippen LogP contribution in [-0.4, -0.2) is 43.0 Å². The van der Waals surface area contributed by atoms with Crippen LogP contribution in [0, 0.1) is 0 Å². The molecule has 3 rings (SSSR count).